The van der Waals surface area contributed by atoms with E-state index in [1.165, 1.54) is 0 Å². The van der Waals surface area contributed by atoms with E-state index in [2.05, 4.69) is 11.3 Å². The molecular formula is C9H12O6. The highest BCUT2D eigenvalue weighted by Crippen LogP contribution is 2.24. The van der Waals surface area contributed by atoms with Crippen LogP contribution in [0.15, 0.2) is 12.7 Å². The molecule has 0 aliphatic heterocycles. The van der Waals surface area contributed by atoms with E-state index in [0.29, 0.717) is 0 Å². The molecule has 0 bridgehead atoms. The fourth-order valence-electron chi connectivity index (χ4n) is 0.783. The Bertz CT molecular complexity index is 304. The molecule has 15 heavy (non-hydrogen) atoms. The fourth-order valence-corrected chi connectivity index (χ4v) is 0.783. The summed E-state index contributed by atoms with van der Waals surface area (Å²) in [6, 6.07) is 0. The summed E-state index contributed by atoms with van der Waals surface area (Å²) in [4.78, 5) is 32.3. The number of carboxylic acid groups (broad SMARTS) is 2. The molecule has 0 radical (unpaired) electrons. The van der Waals surface area contributed by atoms with Crippen molar-refractivity contribution in [1.82, 2.24) is 0 Å². The molecule has 1 atom stereocenters. The molecule has 84 valence electrons. The van der Waals surface area contributed by atoms with E-state index < -0.39 is 29.4 Å². The Morgan fingerprint density at radius 2 is 1.80 bits per heavy atom. The summed E-state index contributed by atoms with van der Waals surface area (Å²) < 4.78 is 4.45. The second-order valence-corrected chi connectivity index (χ2v) is 3.39. The summed E-state index contributed by atoms with van der Waals surface area (Å²) in [6.45, 7) is 5.40. The van der Waals surface area contributed by atoms with E-state index in [9.17, 15) is 14.4 Å². The van der Waals surface area contributed by atoms with Crippen LogP contribution in [0.1, 0.15) is 13.8 Å². The number of rotatable bonds is 5. The molecule has 0 spiro atoms. The topological polar surface area (TPSA) is 101 Å². The molecule has 0 fully saturated rings. The van der Waals surface area contributed by atoms with Crippen molar-refractivity contribution in [1.29, 1.82) is 0 Å². The second kappa shape index (κ2) is 4.59. The van der Waals surface area contributed by atoms with E-state index in [0.717, 1.165) is 19.9 Å². The number of carboxylic acids is 2. The lowest BCUT2D eigenvalue weighted by atomic mass is 9.86. The Hall–Kier alpha value is -1.85. The van der Waals surface area contributed by atoms with Gasteiger partial charge in [-0.15, -0.1) is 0 Å². The van der Waals surface area contributed by atoms with E-state index >= 15 is 0 Å². The third-order valence-corrected chi connectivity index (χ3v) is 1.83. The van der Waals surface area contributed by atoms with Gasteiger partial charge in [0.05, 0.1) is 0 Å². The number of hydrogen-bond donors (Lipinski definition) is 2. The van der Waals surface area contributed by atoms with Gasteiger partial charge in [0.2, 0.25) is 6.10 Å². The maximum atomic E-state index is 10.8. The van der Waals surface area contributed by atoms with Gasteiger partial charge in [-0.05, 0) is 13.8 Å². The van der Waals surface area contributed by atoms with Crippen molar-refractivity contribution < 1.29 is 29.3 Å². The molecule has 0 rings (SSSR count). The van der Waals surface area contributed by atoms with Crippen molar-refractivity contribution in [2.45, 2.75) is 20.0 Å². The van der Waals surface area contributed by atoms with Crippen LogP contribution >= 0.6 is 0 Å². The van der Waals surface area contributed by atoms with Gasteiger partial charge in [0, 0.05) is 6.08 Å². The maximum Gasteiger partial charge on any atom is 0.346 e. The number of hydrogen-bond acceptors (Lipinski definition) is 4. The first-order valence-corrected chi connectivity index (χ1v) is 4.02. The lowest BCUT2D eigenvalue weighted by Crippen LogP contribution is -2.45. The summed E-state index contributed by atoms with van der Waals surface area (Å²) in [6.07, 6.45) is -0.978. The van der Waals surface area contributed by atoms with Gasteiger partial charge in [-0.25, -0.2) is 9.59 Å². The van der Waals surface area contributed by atoms with E-state index in [-0.39, 0.29) is 0 Å². The van der Waals surface area contributed by atoms with Gasteiger partial charge in [-0.2, -0.15) is 0 Å². The smallest absolute Gasteiger partial charge is 0.346 e. The summed E-state index contributed by atoms with van der Waals surface area (Å²) >= 11 is 0. The lowest BCUT2D eigenvalue weighted by Gasteiger charge is -2.25. The Balaban J connectivity index is 4.97. The largest absolute Gasteiger partial charge is 0.481 e. The monoisotopic (exact) mass is 216 g/mol. The maximum absolute atomic E-state index is 10.8. The molecule has 6 heteroatoms. The third kappa shape index (κ3) is 3.08. The molecule has 0 aromatic rings. The van der Waals surface area contributed by atoms with Gasteiger partial charge >= 0.3 is 17.9 Å². The van der Waals surface area contributed by atoms with Crippen molar-refractivity contribution in [3.63, 3.8) is 0 Å². The third-order valence-electron chi connectivity index (χ3n) is 1.83. The minimum Gasteiger partial charge on any atom is -0.481 e. The molecule has 6 nitrogen and oxygen atoms in total. The molecule has 0 amide bonds. The van der Waals surface area contributed by atoms with Crippen molar-refractivity contribution >= 4 is 17.9 Å². The van der Waals surface area contributed by atoms with Gasteiger partial charge in [0.15, 0.2) is 0 Å². The van der Waals surface area contributed by atoms with Crippen LogP contribution in [0.5, 0.6) is 0 Å². The molecule has 0 saturated carbocycles. The van der Waals surface area contributed by atoms with Crippen LogP contribution in [0.4, 0.5) is 0 Å². The number of ether oxygens (including phenoxy) is 1. The molecule has 0 aliphatic rings. The second-order valence-electron chi connectivity index (χ2n) is 3.39. The molecular weight excluding hydrogens is 204 g/mol. The van der Waals surface area contributed by atoms with Gasteiger partial charge < -0.3 is 14.9 Å². The van der Waals surface area contributed by atoms with Crippen LogP contribution in [-0.4, -0.2) is 34.2 Å². The quantitative estimate of drug-likeness (QED) is 0.505. The standard InChI is InChI=1S/C9H12O6/c1-4-5(10)15-6(7(11)12)9(2,3)8(13)14/h4,6H,1H2,2-3H3,(H,11,12)(H,13,14). The van der Waals surface area contributed by atoms with Gasteiger partial charge in [-0.1, -0.05) is 6.58 Å². The van der Waals surface area contributed by atoms with E-state index in [1.54, 1.807) is 0 Å². The van der Waals surface area contributed by atoms with E-state index in [1.807, 2.05) is 0 Å². The highest BCUT2D eigenvalue weighted by atomic mass is 16.6. The first kappa shape index (κ1) is 13.2. The molecule has 0 aromatic carbocycles. The Labute approximate surface area is 86.2 Å². The molecule has 1 unspecified atom stereocenters. The Kier molecular flexibility index (Phi) is 4.02. The first-order chi connectivity index (χ1) is 6.73. The van der Waals surface area contributed by atoms with Gasteiger partial charge in [0.1, 0.15) is 5.41 Å². The van der Waals surface area contributed by atoms with Crippen molar-refractivity contribution in [3.8, 4) is 0 Å². The first-order valence-electron chi connectivity index (χ1n) is 4.02. The molecule has 0 heterocycles. The Morgan fingerprint density at radius 3 is 2.07 bits per heavy atom. The van der Waals surface area contributed by atoms with Crippen LogP contribution in [0.2, 0.25) is 0 Å². The molecule has 0 saturated heterocycles. The molecule has 2 N–H and O–H groups in total. The zero-order chi connectivity index (χ0) is 12.2. The SMILES string of the molecule is C=CC(=O)OC(C(=O)O)C(C)(C)C(=O)O. The van der Waals surface area contributed by atoms with Crippen LogP contribution in [0.3, 0.4) is 0 Å². The fraction of sp³-hybridized carbons (Fsp3) is 0.444. The van der Waals surface area contributed by atoms with Crippen LogP contribution in [0, 0.1) is 5.41 Å². The number of esters is 1. The average Bonchev–Trinajstić information content (AvgIpc) is 2.12. The molecule has 0 aromatic heterocycles. The minimum absolute atomic E-state index is 0.772. The molecule has 0 aliphatic carbocycles. The summed E-state index contributed by atoms with van der Waals surface area (Å²) in [5.74, 6) is -3.86. The minimum atomic E-state index is -1.75. The predicted octanol–water partition coefficient (Wildman–Crippen LogP) is 0.280. The Morgan fingerprint density at radius 1 is 1.33 bits per heavy atom. The highest BCUT2D eigenvalue weighted by Gasteiger charge is 2.44. The summed E-state index contributed by atoms with van der Waals surface area (Å²) in [5, 5.41) is 17.5. The van der Waals surface area contributed by atoms with Crippen LogP contribution in [0.25, 0.3) is 0 Å². The van der Waals surface area contributed by atoms with Gasteiger partial charge in [0.25, 0.3) is 0 Å². The van der Waals surface area contributed by atoms with Crippen molar-refractivity contribution in [2.24, 2.45) is 5.41 Å². The number of carbonyl (C=O) groups excluding carboxylic acids is 1. The normalized spacial score (nSPS) is 12.7. The lowest BCUT2D eigenvalue weighted by molar-refractivity contribution is -0.177. The zero-order valence-electron chi connectivity index (χ0n) is 8.39. The predicted molar refractivity (Wildman–Crippen MR) is 49.1 cm³/mol. The zero-order valence-corrected chi connectivity index (χ0v) is 8.39. The average molecular weight is 216 g/mol. The van der Waals surface area contributed by atoms with Crippen LogP contribution < -0.4 is 0 Å². The summed E-state index contributed by atoms with van der Waals surface area (Å²) in [5.41, 5.74) is -1.70. The van der Waals surface area contributed by atoms with Crippen molar-refractivity contribution in [2.75, 3.05) is 0 Å². The number of carbonyl (C=O) groups is 3. The van der Waals surface area contributed by atoms with E-state index in [4.69, 9.17) is 10.2 Å². The van der Waals surface area contributed by atoms with Crippen LogP contribution in [-0.2, 0) is 19.1 Å². The van der Waals surface area contributed by atoms with Crippen molar-refractivity contribution in [3.05, 3.63) is 12.7 Å². The number of aliphatic carboxylic acids is 2. The summed E-state index contributed by atoms with van der Waals surface area (Å²) in [7, 11) is 0. The van der Waals surface area contributed by atoms with Gasteiger partial charge in [-0.3, -0.25) is 4.79 Å². The highest BCUT2D eigenvalue weighted by molar-refractivity contribution is 5.89.